The molecule has 2 aromatic carbocycles. The molecular formula is C24H20F4N6O4S2. The highest BCUT2D eigenvalue weighted by atomic mass is 32.1. The van der Waals surface area contributed by atoms with Crippen molar-refractivity contribution in [3.8, 4) is 0 Å². The fraction of sp³-hybridized carbons (Fsp3) is 0.250. The SMILES string of the molecule is O=C(Nc1nnc(CCCCc2nnc(NC(=O)C(O)c3cccc(F)c3F)s2)s1)C(O)c1cccc(F)c1F. The number of carbonyl (C=O) groups is 2. The molecule has 0 saturated carbocycles. The number of nitrogens with zero attached hydrogens (tertiary/aromatic N) is 4. The Labute approximate surface area is 231 Å². The van der Waals surface area contributed by atoms with Crippen LogP contribution >= 0.6 is 22.7 Å². The molecule has 2 amide bonds. The number of rotatable bonds is 11. The molecule has 210 valence electrons. The Morgan fingerprint density at radius 3 is 1.50 bits per heavy atom. The van der Waals surface area contributed by atoms with Gasteiger partial charge in [0.25, 0.3) is 11.8 Å². The third kappa shape index (κ3) is 7.01. The van der Waals surface area contributed by atoms with Crippen LogP contribution < -0.4 is 10.6 Å². The fourth-order valence-corrected chi connectivity index (χ4v) is 5.03. The van der Waals surface area contributed by atoms with E-state index in [1.54, 1.807) is 0 Å². The Hall–Kier alpha value is -3.86. The summed E-state index contributed by atoms with van der Waals surface area (Å²) in [5.74, 6) is -6.98. The Balaban J connectivity index is 1.21. The number of hydrogen-bond acceptors (Lipinski definition) is 10. The molecule has 4 rings (SSSR count). The average molecular weight is 597 g/mol. The van der Waals surface area contributed by atoms with Gasteiger partial charge in [-0.1, -0.05) is 46.9 Å². The number of benzene rings is 2. The summed E-state index contributed by atoms with van der Waals surface area (Å²) in [4.78, 5) is 24.4. The van der Waals surface area contributed by atoms with E-state index in [0.29, 0.717) is 35.7 Å². The van der Waals surface area contributed by atoms with E-state index in [-0.39, 0.29) is 10.3 Å². The number of aryl methyl sites for hydroxylation is 2. The van der Waals surface area contributed by atoms with Crippen molar-refractivity contribution in [1.82, 2.24) is 20.4 Å². The first-order valence-electron chi connectivity index (χ1n) is 11.6. The fourth-order valence-electron chi connectivity index (χ4n) is 3.46. The van der Waals surface area contributed by atoms with Gasteiger partial charge in [0.05, 0.1) is 0 Å². The minimum Gasteiger partial charge on any atom is -0.378 e. The maximum Gasteiger partial charge on any atom is 0.259 e. The lowest BCUT2D eigenvalue weighted by atomic mass is 10.1. The van der Waals surface area contributed by atoms with Gasteiger partial charge in [-0.05, 0) is 25.0 Å². The first-order valence-corrected chi connectivity index (χ1v) is 13.3. The maximum atomic E-state index is 13.8. The van der Waals surface area contributed by atoms with Crippen molar-refractivity contribution in [3.05, 3.63) is 80.8 Å². The molecular weight excluding hydrogens is 576 g/mol. The molecule has 2 unspecified atom stereocenters. The number of aliphatic hydroxyl groups is 2. The first kappa shape index (κ1) is 29.1. The van der Waals surface area contributed by atoms with Crippen LogP contribution in [0.15, 0.2) is 36.4 Å². The van der Waals surface area contributed by atoms with E-state index in [1.165, 1.54) is 12.1 Å². The summed E-state index contributed by atoms with van der Waals surface area (Å²) in [7, 11) is 0. The maximum absolute atomic E-state index is 13.8. The van der Waals surface area contributed by atoms with E-state index >= 15 is 0 Å². The van der Waals surface area contributed by atoms with Crippen LogP contribution in [0.3, 0.4) is 0 Å². The highest BCUT2D eigenvalue weighted by Gasteiger charge is 2.25. The van der Waals surface area contributed by atoms with Gasteiger partial charge in [0.2, 0.25) is 10.3 Å². The number of carbonyl (C=O) groups excluding carboxylic acids is 2. The van der Waals surface area contributed by atoms with Crippen LogP contribution in [0.25, 0.3) is 0 Å². The second-order valence-corrected chi connectivity index (χ2v) is 10.4. The van der Waals surface area contributed by atoms with E-state index in [2.05, 4.69) is 31.0 Å². The van der Waals surface area contributed by atoms with Gasteiger partial charge in [-0.2, -0.15) is 0 Å². The zero-order valence-corrected chi connectivity index (χ0v) is 21.9. The summed E-state index contributed by atoms with van der Waals surface area (Å²) >= 11 is 2.12. The molecule has 4 aromatic rings. The zero-order chi connectivity index (χ0) is 28.8. The van der Waals surface area contributed by atoms with E-state index in [9.17, 15) is 37.4 Å². The number of hydrogen-bond donors (Lipinski definition) is 4. The zero-order valence-electron chi connectivity index (χ0n) is 20.3. The molecule has 0 aliphatic carbocycles. The van der Waals surface area contributed by atoms with E-state index in [1.807, 2.05) is 0 Å². The number of aliphatic hydroxyl groups excluding tert-OH is 2. The highest BCUT2D eigenvalue weighted by Crippen LogP contribution is 2.25. The normalized spacial score (nSPS) is 12.7. The highest BCUT2D eigenvalue weighted by molar-refractivity contribution is 7.15. The van der Waals surface area contributed by atoms with Gasteiger partial charge in [0.1, 0.15) is 10.0 Å². The minimum atomic E-state index is -1.93. The number of nitrogens with one attached hydrogen (secondary N) is 2. The summed E-state index contributed by atoms with van der Waals surface area (Å²) < 4.78 is 54.4. The number of unbranched alkanes of at least 4 members (excludes halogenated alkanes) is 1. The van der Waals surface area contributed by atoms with Crippen molar-refractivity contribution in [3.63, 3.8) is 0 Å². The van der Waals surface area contributed by atoms with Crippen LogP contribution in [-0.2, 0) is 22.4 Å². The third-order valence-corrected chi connectivity index (χ3v) is 7.27. The van der Waals surface area contributed by atoms with E-state index in [4.69, 9.17) is 0 Å². The molecule has 4 N–H and O–H groups in total. The monoisotopic (exact) mass is 596 g/mol. The lowest BCUT2D eigenvalue weighted by molar-refractivity contribution is -0.125. The number of amides is 2. The molecule has 0 radical (unpaired) electrons. The molecule has 0 spiro atoms. The van der Waals surface area contributed by atoms with Crippen LogP contribution in [0.4, 0.5) is 27.8 Å². The molecule has 2 atom stereocenters. The average Bonchev–Trinajstić information content (AvgIpc) is 3.58. The lowest BCUT2D eigenvalue weighted by Crippen LogP contribution is -2.22. The molecule has 0 bridgehead atoms. The van der Waals surface area contributed by atoms with Gasteiger partial charge in [-0.3, -0.25) is 20.2 Å². The third-order valence-electron chi connectivity index (χ3n) is 5.47. The van der Waals surface area contributed by atoms with Crippen molar-refractivity contribution in [2.45, 2.75) is 37.9 Å². The van der Waals surface area contributed by atoms with Crippen molar-refractivity contribution >= 4 is 44.8 Å². The van der Waals surface area contributed by atoms with Gasteiger partial charge >= 0.3 is 0 Å². The molecule has 2 heterocycles. The molecule has 0 fully saturated rings. The van der Waals surface area contributed by atoms with Crippen molar-refractivity contribution < 1.29 is 37.4 Å². The summed E-state index contributed by atoms with van der Waals surface area (Å²) in [6.45, 7) is 0. The molecule has 40 heavy (non-hydrogen) atoms. The molecule has 2 aromatic heterocycles. The quantitative estimate of drug-likeness (QED) is 0.151. The van der Waals surface area contributed by atoms with E-state index in [0.717, 1.165) is 46.9 Å². The predicted molar refractivity (Wildman–Crippen MR) is 136 cm³/mol. The van der Waals surface area contributed by atoms with Crippen molar-refractivity contribution in [1.29, 1.82) is 0 Å². The van der Waals surface area contributed by atoms with Gasteiger partial charge in [-0.15, -0.1) is 20.4 Å². The van der Waals surface area contributed by atoms with Gasteiger partial charge in [-0.25, -0.2) is 17.6 Å². The van der Waals surface area contributed by atoms with Gasteiger partial charge in [0.15, 0.2) is 35.5 Å². The Morgan fingerprint density at radius 1 is 0.700 bits per heavy atom. The number of halogens is 4. The largest absolute Gasteiger partial charge is 0.378 e. The molecule has 16 heteroatoms. The summed E-state index contributed by atoms with van der Waals surface area (Å²) in [6.07, 6.45) is -1.56. The van der Waals surface area contributed by atoms with Gasteiger partial charge in [0, 0.05) is 24.0 Å². The number of aromatic nitrogens is 4. The van der Waals surface area contributed by atoms with Crippen LogP contribution in [0, 0.1) is 23.3 Å². The minimum absolute atomic E-state index is 0.0840. The smallest absolute Gasteiger partial charge is 0.259 e. The number of anilines is 2. The van der Waals surface area contributed by atoms with E-state index < -0.39 is 58.4 Å². The van der Waals surface area contributed by atoms with Crippen LogP contribution in [-0.4, -0.2) is 42.4 Å². The first-order chi connectivity index (χ1) is 19.1. The Kier molecular flexibility index (Phi) is 9.46. The second kappa shape index (κ2) is 13.0. The molecule has 0 aliphatic rings. The van der Waals surface area contributed by atoms with Crippen LogP contribution in [0.1, 0.15) is 46.2 Å². The van der Waals surface area contributed by atoms with Crippen LogP contribution in [0.5, 0.6) is 0 Å². The Bertz CT molecular complexity index is 1410. The van der Waals surface area contributed by atoms with Crippen molar-refractivity contribution in [2.24, 2.45) is 0 Å². The second-order valence-electron chi connectivity index (χ2n) is 8.28. The van der Waals surface area contributed by atoms with Crippen molar-refractivity contribution in [2.75, 3.05) is 10.6 Å². The predicted octanol–water partition coefficient (Wildman–Crippen LogP) is 3.86. The summed E-state index contributed by atoms with van der Waals surface area (Å²) in [5.41, 5.74) is -1.00. The molecule has 10 nitrogen and oxygen atoms in total. The topological polar surface area (TPSA) is 150 Å². The molecule has 0 aliphatic heterocycles. The summed E-state index contributed by atoms with van der Waals surface area (Å²) in [5, 5.41) is 41.7. The van der Waals surface area contributed by atoms with Crippen LogP contribution in [0.2, 0.25) is 0 Å². The van der Waals surface area contributed by atoms with Gasteiger partial charge < -0.3 is 10.2 Å². The standard InChI is InChI=1S/C24H20F4N6O4S2/c25-13-7-3-5-11(17(13)27)19(35)21(37)29-23-33-31-15(39-23)9-1-2-10-16-32-34-24(40-16)30-22(38)20(36)12-6-4-8-14(26)18(12)28/h3-8,19-20,35-36H,1-2,9-10H2,(H,29,33,37)(H,30,34,38). The lowest BCUT2D eigenvalue weighted by Gasteiger charge is -2.11. The molecule has 0 saturated heterocycles. The Morgan fingerprint density at radius 2 is 1.10 bits per heavy atom. The summed E-state index contributed by atoms with van der Waals surface area (Å²) in [6, 6.07) is 6.28.